The first kappa shape index (κ1) is 15.0. The van der Waals surface area contributed by atoms with Crippen molar-refractivity contribution in [3.8, 4) is 0 Å². The molecule has 22 heavy (non-hydrogen) atoms. The lowest BCUT2D eigenvalue weighted by Gasteiger charge is -2.32. The zero-order valence-electron chi connectivity index (χ0n) is 13.1. The lowest BCUT2D eigenvalue weighted by molar-refractivity contribution is 0.00578. The first-order valence-corrected chi connectivity index (χ1v) is 7.18. The van der Waals surface area contributed by atoms with Gasteiger partial charge in [-0.2, -0.15) is 0 Å². The van der Waals surface area contributed by atoms with Gasteiger partial charge in [0.2, 0.25) is 0 Å². The van der Waals surface area contributed by atoms with Crippen LogP contribution in [0.15, 0.2) is 30.6 Å². The molecule has 2 heterocycles. The Kier molecular flexibility index (Phi) is 3.27. The molecule has 0 saturated carbocycles. The first-order chi connectivity index (χ1) is 10.2. The monoisotopic (exact) mass is 299 g/mol. The van der Waals surface area contributed by atoms with Gasteiger partial charge in [0.25, 0.3) is 0 Å². The highest BCUT2D eigenvalue weighted by Gasteiger charge is 2.52. The highest BCUT2D eigenvalue weighted by molar-refractivity contribution is 6.65. The Morgan fingerprint density at radius 1 is 1.14 bits per heavy atom. The van der Waals surface area contributed by atoms with Gasteiger partial charge in [0, 0.05) is 23.2 Å². The number of carboxylic acids is 1. The van der Waals surface area contributed by atoms with Gasteiger partial charge in [-0.3, -0.25) is 4.98 Å². The van der Waals surface area contributed by atoms with Crippen LogP contribution in [0.3, 0.4) is 0 Å². The van der Waals surface area contributed by atoms with Crippen molar-refractivity contribution in [3.63, 3.8) is 0 Å². The van der Waals surface area contributed by atoms with Gasteiger partial charge in [-0.15, -0.1) is 0 Å². The van der Waals surface area contributed by atoms with Gasteiger partial charge in [0.05, 0.1) is 16.8 Å². The summed E-state index contributed by atoms with van der Waals surface area (Å²) in [6, 6.07) is 5.13. The zero-order chi connectivity index (χ0) is 16.1. The maximum atomic E-state index is 11.5. The largest absolute Gasteiger partial charge is 0.497 e. The van der Waals surface area contributed by atoms with E-state index in [1.54, 1.807) is 24.5 Å². The van der Waals surface area contributed by atoms with Crippen LogP contribution in [-0.4, -0.2) is 34.4 Å². The van der Waals surface area contributed by atoms with Gasteiger partial charge in [0.15, 0.2) is 0 Å². The third-order valence-corrected chi connectivity index (χ3v) is 4.55. The Hall–Kier alpha value is -1.92. The van der Waals surface area contributed by atoms with E-state index < -0.39 is 24.3 Å². The lowest BCUT2D eigenvalue weighted by atomic mass is 9.76. The average Bonchev–Trinajstić information content (AvgIpc) is 2.66. The van der Waals surface area contributed by atoms with Crippen molar-refractivity contribution < 1.29 is 19.2 Å². The van der Waals surface area contributed by atoms with Crippen molar-refractivity contribution >= 4 is 29.3 Å². The van der Waals surface area contributed by atoms with Crippen LogP contribution in [-0.2, 0) is 9.31 Å². The van der Waals surface area contributed by atoms with E-state index in [1.165, 1.54) is 0 Å². The van der Waals surface area contributed by atoms with E-state index in [0.29, 0.717) is 10.8 Å². The summed E-state index contributed by atoms with van der Waals surface area (Å²) in [6.07, 6.45) is 3.27. The van der Waals surface area contributed by atoms with Crippen LogP contribution in [0, 0.1) is 0 Å². The highest BCUT2D eigenvalue weighted by Crippen LogP contribution is 2.37. The molecule has 0 unspecified atom stereocenters. The van der Waals surface area contributed by atoms with Gasteiger partial charge >= 0.3 is 13.1 Å². The number of aromatic nitrogens is 1. The first-order valence-electron chi connectivity index (χ1n) is 7.18. The fourth-order valence-electron chi connectivity index (χ4n) is 2.59. The summed E-state index contributed by atoms with van der Waals surface area (Å²) in [6.45, 7) is 7.85. The lowest BCUT2D eigenvalue weighted by Crippen LogP contribution is -2.41. The van der Waals surface area contributed by atoms with Crippen LogP contribution in [0.5, 0.6) is 0 Å². The minimum absolute atomic E-state index is 0.226. The number of rotatable bonds is 2. The molecule has 0 radical (unpaired) electrons. The molecular formula is C16H18BNO4. The topological polar surface area (TPSA) is 68.7 Å². The molecule has 0 amide bonds. The molecule has 0 bridgehead atoms. The molecule has 3 rings (SSSR count). The SMILES string of the molecule is CC1(C)OB(c2cncc3cccc(C(=O)O)c23)OC1(C)C. The van der Waals surface area contributed by atoms with E-state index in [4.69, 9.17) is 9.31 Å². The molecule has 1 fully saturated rings. The Morgan fingerprint density at radius 2 is 1.77 bits per heavy atom. The molecule has 0 atom stereocenters. The van der Waals surface area contributed by atoms with E-state index >= 15 is 0 Å². The number of hydrogen-bond acceptors (Lipinski definition) is 4. The summed E-state index contributed by atoms with van der Waals surface area (Å²) >= 11 is 0. The number of carboxylic acid groups (broad SMARTS) is 1. The van der Waals surface area contributed by atoms with E-state index in [1.807, 2.05) is 33.8 Å². The summed E-state index contributed by atoms with van der Waals surface area (Å²) in [7, 11) is -0.637. The second kappa shape index (κ2) is 4.79. The van der Waals surface area contributed by atoms with Crippen LogP contribution < -0.4 is 5.46 Å². The highest BCUT2D eigenvalue weighted by atomic mass is 16.7. The summed E-state index contributed by atoms with van der Waals surface area (Å²) in [4.78, 5) is 15.7. The number of carbonyl (C=O) groups is 1. The summed E-state index contributed by atoms with van der Waals surface area (Å²) < 4.78 is 12.1. The number of hydrogen-bond donors (Lipinski definition) is 1. The van der Waals surface area contributed by atoms with Crippen molar-refractivity contribution in [2.75, 3.05) is 0 Å². The fraction of sp³-hybridized carbons (Fsp3) is 0.375. The average molecular weight is 299 g/mol. The maximum absolute atomic E-state index is 11.5. The molecule has 0 spiro atoms. The number of aromatic carboxylic acids is 1. The van der Waals surface area contributed by atoms with Crippen LogP contribution in [0.4, 0.5) is 0 Å². The van der Waals surface area contributed by atoms with E-state index in [9.17, 15) is 9.90 Å². The summed E-state index contributed by atoms with van der Waals surface area (Å²) in [5, 5.41) is 10.8. The number of fused-ring (bicyclic) bond motifs is 1. The number of nitrogens with zero attached hydrogens (tertiary/aromatic N) is 1. The van der Waals surface area contributed by atoms with Crippen LogP contribution in [0.25, 0.3) is 10.8 Å². The third-order valence-electron chi connectivity index (χ3n) is 4.55. The van der Waals surface area contributed by atoms with Crippen molar-refractivity contribution in [3.05, 3.63) is 36.2 Å². The molecule has 1 aromatic heterocycles. The standard InChI is InChI=1S/C16H18BNO4/c1-15(2)16(3,4)22-17(21-15)12-9-18-8-10-6-5-7-11(13(10)12)14(19)20/h5-9H,1-4H3,(H,19,20). The Labute approximate surface area is 129 Å². The van der Waals surface area contributed by atoms with Gasteiger partial charge in [-0.25, -0.2) is 4.79 Å². The van der Waals surface area contributed by atoms with Crippen LogP contribution >= 0.6 is 0 Å². The molecule has 0 aliphatic carbocycles. The number of pyridine rings is 1. The van der Waals surface area contributed by atoms with Gasteiger partial charge in [0.1, 0.15) is 0 Å². The maximum Gasteiger partial charge on any atom is 0.497 e. The predicted molar refractivity (Wildman–Crippen MR) is 84.4 cm³/mol. The quantitative estimate of drug-likeness (QED) is 0.861. The Morgan fingerprint density at radius 3 is 2.36 bits per heavy atom. The van der Waals surface area contributed by atoms with Gasteiger partial charge in [-0.05, 0) is 39.1 Å². The summed E-state index contributed by atoms with van der Waals surface area (Å²) in [5.74, 6) is -0.977. The second-order valence-corrected chi connectivity index (χ2v) is 6.53. The van der Waals surface area contributed by atoms with Crippen molar-refractivity contribution in [1.82, 2.24) is 4.98 Å². The normalized spacial score (nSPS) is 19.5. The molecule has 1 N–H and O–H groups in total. The van der Waals surface area contributed by atoms with E-state index in [0.717, 1.165) is 5.39 Å². The van der Waals surface area contributed by atoms with Gasteiger partial charge < -0.3 is 14.4 Å². The predicted octanol–water partition coefficient (Wildman–Crippen LogP) is 2.23. The molecule has 6 heteroatoms. The van der Waals surface area contributed by atoms with Crippen molar-refractivity contribution in [2.24, 2.45) is 0 Å². The molecule has 1 aliphatic heterocycles. The fourth-order valence-corrected chi connectivity index (χ4v) is 2.59. The molecule has 1 saturated heterocycles. The van der Waals surface area contributed by atoms with Crippen molar-refractivity contribution in [2.45, 2.75) is 38.9 Å². The van der Waals surface area contributed by atoms with Crippen molar-refractivity contribution in [1.29, 1.82) is 0 Å². The van der Waals surface area contributed by atoms with Crippen LogP contribution in [0.1, 0.15) is 38.1 Å². The molecule has 2 aromatic rings. The smallest absolute Gasteiger partial charge is 0.478 e. The second-order valence-electron chi connectivity index (χ2n) is 6.53. The minimum atomic E-state index is -0.977. The minimum Gasteiger partial charge on any atom is -0.478 e. The molecule has 5 nitrogen and oxygen atoms in total. The molecule has 1 aliphatic rings. The molecule has 114 valence electrons. The van der Waals surface area contributed by atoms with Crippen LogP contribution in [0.2, 0.25) is 0 Å². The molecular weight excluding hydrogens is 281 g/mol. The summed E-state index contributed by atoms with van der Waals surface area (Å²) in [5.41, 5.74) is -0.102. The van der Waals surface area contributed by atoms with E-state index in [-0.39, 0.29) is 5.56 Å². The Balaban J connectivity index is 2.19. The zero-order valence-corrected chi connectivity index (χ0v) is 13.1. The third kappa shape index (κ3) is 2.19. The Bertz CT molecular complexity index is 736. The van der Waals surface area contributed by atoms with E-state index in [2.05, 4.69) is 4.98 Å². The molecule has 1 aromatic carbocycles. The number of benzene rings is 1. The van der Waals surface area contributed by atoms with Gasteiger partial charge in [-0.1, -0.05) is 12.1 Å².